The summed E-state index contributed by atoms with van der Waals surface area (Å²) in [4.78, 5) is 44.4. The van der Waals surface area contributed by atoms with Gasteiger partial charge in [0.1, 0.15) is 11.2 Å². The number of fused-ring (bicyclic) bond motifs is 2. The van der Waals surface area contributed by atoms with Gasteiger partial charge in [0.15, 0.2) is 6.61 Å². The molecule has 8 heteroatoms. The fourth-order valence-electron chi connectivity index (χ4n) is 5.96. The molecule has 0 radical (unpaired) electrons. The molecule has 0 spiro atoms. The molecule has 2 atom stereocenters. The summed E-state index contributed by atoms with van der Waals surface area (Å²) < 4.78 is 7.21. The van der Waals surface area contributed by atoms with Crippen molar-refractivity contribution >= 4 is 34.7 Å². The second-order valence-corrected chi connectivity index (χ2v) is 10.7. The van der Waals surface area contributed by atoms with Crippen LogP contribution in [0.2, 0.25) is 0 Å². The lowest BCUT2D eigenvalue weighted by Gasteiger charge is -2.29. The first-order valence-electron chi connectivity index (χ1n) is 14.3. The minimum atomic E-state index is -0.844. The van der Waals surface area contributed by atoms with Gasteiger partial charge in [-0.15, -0.1) is 0 Å². The quantitative estimate of drug-likeness (QED) is 0.282. The molecule has 0 bridgehead atoms. The average molecular weight is 561 g/mol. The molecule has 1 fully saturated rings. The lowest BCUT2D eigenvalue weighted by Crippen LogP contribution is -2.35. The van der Waals surface area contributed by atoms with Crippen molar-refractivity contribution in [3.63, 3.8) is 0 Å². The number of amides is 1. The van der Waals surface area contributed by atoms with Gasteiger partial charge in [0.05, 0.1) is 17.1 Å². The van der Waals surface area contributed by atoms with Crippen molar-refractivity contribution in [1.82, 2.24) is 14.6 Å². The van der Waals surface area contributed by atoms with Gasteiger partial charge in [0.25, 0.3) is 5.91 Å². The first kappa shape index (κ1) is 27.3. The number of aromatic nitrogens is 2. The van der Waals surface area contributed by atoms with Crippen LogP contribution in [0.4, 0.5) is 0 Å². The van der Waals surface area contributed by atoms with Crippen molar-refractivity contribution in [2.24, 2.45) is 11.0 Å². The molecule has 212 valence electrons. The Bertz CT molecular complexity index is 1780. The van der Waals surface area contributed by atoms with Gasteiger partial charge < -0.3 is 9.30 Å². The smallest absolute Gasteiger partial charge is 0.344 e. The number of esters is 1. The monoisotopic (exact) mass is 560 g/mol. The Morgan fingerprint density at radius 1 is 1.02 bits per heavy atom. The van der Waals surface area contributed by atoms with Crippen LogP contribution in [-0.2, 0) is 16.1 Å². The van der Waals surface area contributed by atoms with E-state index < -0.39 is 23.9 Å². The van der Waals surface area contributed by atoms with Gasteiger partial charge in [0, 0.05) is 24.4 Å². The van der Waals surface area contributed by atoms with E-state index in [2.05, 4.69) is 23.2 Å². The first-order chi connectivity index (χ1) is 20.4. The van der Waals surface area contributed by atoms with E-state index in [0.29, 0.717) is 17.6 Å². The van der Waals surface area contributed by atoms with E-state index in [0.717, 1.165) is 47.4 Å². The van der Waals surface area contributed by atoms with Gasteiger partial charge in [-0.1, -0.05) is 60.7 Å². The van der Waals surface area contributed by atoms with E-state index in [1.807, 2.05) is 62.4 Å². The van der Waals surface area contributed by atoms with Gasteiger partial charge in [-0.2, -0.15) is 5.10 Å². The number of benzene rings is 2. The second-order valence-electron chi connectivity index (χ2n) is 10.7. The van der Waals surface area contributed by atoms with E-state index in [9.17, 15) is 14.4 Å². The summed E-state index contributed by atoms with van der Waals surface area (Å²) in [5.41, 5.74) is 4.77. The summed E-state index contributed by atoms with van der Waals surface area (Å²) in [5, 5.41) is 6.67. The Morgan fingerprint density at radius 2 is 1.76 bits per heavy atom. The van der Waals surface area contributed by atoms with Crippen LogP contribution in [0.1, 0.15) is 59.4 Å². The van der Waals surface area contributed by atoms with Crippen LogP contribution >= 0.6 is 0 Å². The number of carbonyl (C=O) groups is 2. The molecule has 2 unspecified atom stereocenters. The molecule has 1 aliphatic carbocycles. The molecule has 3 heterocycles. The lowest BCUT2D eigenvalue weighted by molar-refractivity contribution is -0.137. The second kappa shape index (κ2) is 11.6. The van der Waals surface area contributed by atoms with Crippen molar-refractivity contribution in [3.05, 3.63) is 117 Å². The molecule has 1 amide bonds. The Morgan fingerprint density at radius 3 is 2.50 bits per heavy atom. The highest BCUT2D eigenvalue weighted by molar-refractivity contribution is 6.08. The Hall–Kier alpha value is -4.85. The number of hydrazone groups is 1. The van der Waals surface area contributed by atoms with Crippen LogP contribution in [-0.4, -0.2) is 38.8 Å². The maximum Gasteiger partial charge on any atom is 0.344 e. The van der Waals surface area contributed by atoms with Gasteiger partial charge in [-0.25, -0.2) is 14.8 Å². The number of allylic oxidation sites excluding steroid dienone is 1. The van der Waals surface area contributed by atoms with Gasteiger partial charge in [0.2, 0.25) is 5.43 Å². The molecule has 6 rings (SSSR count). The first-order valence-corrected chi connectivity index (χ1v) is 14.3. The van der Waals surface area contributed by atoms with Crippen LogP contribution in [0.15, 0.2) is 94.5 Å². The lowest BCUT2D eigenvalue weighted by atomic mass is 9.77. The Labute approximate surface area is 244 Å². The summed E-state index contributed by atoms with van der Waals surface area (Å²) >= 11 is 0. The van der Waals surface area contributed by atoms with E-state index in [1.54, 1.807) is 16.7 Å². The third kappa shape index (κ3) is 5.16. The maximum absolute atomic E-state index is 13.7. The van der Waals surface area contributed by atoms with E-state index in [4.69, 9.17) is 9.84 Å². The van der Waals surface area contributed by atoms with E-state index in [1.165, 1.54) is 11.2 Å². The molecule has 4 aromatic rings. The van der Waals surface area contributed by atoms with E-state index >= 15 is 0 Å². The van der Waals surface area contributed by atoms with Crippen LogP contribution in [0, 0.1) is 12.8 Å². The van der Waals surface area contributed by atoms with Gasteiger partial charge in [-0.3, -0.25) is 9.59 Å². The Kier molecular flexibility index (Phi) is 7.52. The molecule has 42 heavy (non-hydrogen) atoms. The highest BCUT2D eigenvalue weighted by atomic mass is 16.5. The SMILES string of the molecule is CCn1cc(C(=O)OCC(=O)N2N=C3C(=Cc4ccccc4)CCCC3C2c2ccccc2)c(=O)c2ccc(C)nc21. The number of ether oxygens (including phenoxy) is 1. The zero-order chi connectivity index (χ0) is 29.2. The Balaban J connectivity index is 1.29. The number of carbonyl (C=O) groups excluding carboxylic acids is 2. The maximum atomic E-state index is 13.7. The molecule has 1 saturated carbocycles. The third-order valence-corrected chi connectivity index (χ3v) is 7.99. The fraction of sp³-hybridized carbons (Fsp3) is 0.265. The summed E-state index contributed by atoms with van der Waals surface area (Å²) in [5.74, 6) is -1.25. The van der Waals surface area contributed by atoms with Crippen molar-refractivity contribution in [2.45, 2.75) is 45.7 Å². The van der Waals surface area contributed by atoms with E-state index in [-0.39, 0.29) is 17.5 Å². The molecular weight excluding hydrogens is 528 g/mol. The summed E-state index contributed by atoms with van der Waals surface area (Å²) in [6.45, 7) is 3.73. The van der Waals surface area contributed by atoms with Crippen molar-refractivity contribution < 1.29 is 14.3 Å². The molecule has 2 aromatic heterocycles. The van der Waals surface area contributed by atoms with Crippen molar-refractivity contribution in [2.75, 3.05) is 6.61 Å². The van der Waals surface area contributed by atoms with Crippen LogP contribution < -0.4 is 5.43 Å². The summed E-state index contributed by atoms with van der Waals surface area (Å²) in [6.07, 6.45) is 6.37. The number of pyridine rings is 2. The molecule has 8 nitrogen and oxygen atoms in total. The number of rotatable bonds is 6. The van der Waals surface area contributed by atoms with Gasteiger partial charge >= 0.3 is 5.97 Å². The number of hydrogen-bond donors (Lipinski definition) is 0. The highest BCUT2D eigenvalue weighted by Gasteiger charge is 2.43. The average Bonchev–Trinajstić information content (AvgIpc) is 3.42. The minimum Gasteiger partial charge on any atom is -0.452 e. The van der Waals surface area contributed by atoms with Crippen LogP contribution in [0.3, 0.4) is 0 Å². The van der Waals surface area contributed by atoms with Crippen LogP contribution in [0.25, 0.3) is 17.1 Å². The largest absolute Gasteiger partial charge is 0.452 e. The molecule has 0 N–H and O–H groups in total. The van der Waals surface area contributed by atoms with Crippen molar-refractivity contribution in [1.29, 1.82) is 0 Å². The summed E-state index contributed by atoms with van der Waals surface area (Å²) in [7, 11) is 0. The van der Waals surface area contributed by atoms with Crippen LogP contribution in [0.5, 0.6) is 0 Å². The molecule has 2 aliphatic rings. The predicted molar refractivity (Wildman–Crippen MR) is 162 cm³/mol. The summed E-state index contributed by atoms with van der Waals surface area (Å²) in [6, 6.07) is 23.1. The zero-order valence-corrected chi connectivity index (χ0v) is 23.7. The molecule has 0 saturated heterocycles. The number of aryl methyl sites for hydroxylation is 2. The molecular formula is C34H32N4O4. The van der Waals surface area contributed by atoms with Crippen molar-refractivity contribution in [3.8, 4) is 0 Å². The number of hydrogen-bond acceptors (Lipinski definition) is 6. The zero-order valence-electron chi connectivity index (χ0n) is 23.7. The topological polar surface area (TPSA) is 93.9 Å². The van der Waals surface area contributed by atoms with Gasteiger partial charge in [-0.05, 0) is 68.0 Å². The third-order valence-electron chi connectivity index (χ3n) is 7.99. The predicted octanol–water partition coefficient (Wildman–Crippen LogP) is 5.70. The fourth-order valence-corrected chi connectivity index (χ4v) is 5.96. The standard InChI is InChI=1S/C34H32N4O4/c1-3-37-20-28(32(40)27-18-17-22(2)35-33(27)37)34(41)42-21-29(39)38-31(24-13-8-5-9-14-24)26-16-10-15-25(30(26)36-38)19-23-11-6-4-7-12-23/h4-9,11-14,17-20,26,31H,3,10,15-16,21H2,1-2H3. The highest BCUT2D eigenvalue weighted by Crippen LogP contribution is 2.44. The minimum absolute atomic E-state index is 0.0314. The number of nitrogens with zero attached hydrogens (tertiary/aromatic N) is 4. The molecule has 2 aromatic carbocycles. The normalized spacial score (nSPS) is 19.0. The molecule has 1 aliphatic heterocycles.